The summed E-state index contributed by atoms with van der Waals surface area (Å²) in [7, 11) is 1.57. The second-order valence-electron chi connectivity index (χ2n) is 7.24. The maximum Gasteiger partial charge on any atom is 0.255 e. The van der Waals surface area contributed by atoms with E-state index >= 15 is 0 Å². The summed E-state index contributed by atoms with van der Waals surface area (Å²) in [5.74, 6) is 1.41. The quantitative estimate of drug-likeness (QED) is 0.528. The second-order valence-corrected chi connectivity index (χ2v) is 8.81. The molecule has 4 rings (SSSR count). The van der Waals surface area contributed by atoms with Crippen LogP contribution in [-0.4, -0.2) is 25.3 Å². The minimum absolute atomic E-state index is 0.191. The first-order valence-corrected chi connectivity index (χ1v) is 11.1. The van der Waals surface area contributed by atoms with Crippen molar-refractivity contribution in [2.24, 2.45) is 0 Å². The SMILES string of the molecule is COc1ccc(Cl)cc1NC(=O)c1ccc2c(c1)N(Cc1ccc(C)cc1)CCS2. The average molecular weight is 439 g/mol. The number of anilines is 2. The predicted molar refractivity (Wildman–Crippen MR) is 125 cm³/mol. The number of hydrogen-bond acceptors (Lipinski definition) is 4. The highest BCUT2D eigenvalue weighted by Gasteiger charge is 2.20. The third-order valence-electron chi connectivity index (χ3n) is 5.08. The number of methoxy groups -OCH3 is 1. The summed E-state index contributed by atoms with van der Waals surface area (Å²) in [6.45, 7) is 3.86. The lowest BCUT2D eigenvalue weighted by Gasteiger charge is -2.31. The number of fused-ring (bicyclic) bond motifs is 1. The van der Waals surface area contributed by atoms with Crippen molar-refractivity contribution in [1.29, 1.82) is 0 Å². The molecule has 0 saturated carbocycles. The molecule has 4 nitrogen and oxygen atoms in total. The Labute approximate surface area is 186 Å². The summed E-state index contributed by atoms with van der Waals surface area (Å²) in [5.41, 5.74) is 4.77. The number of halogens is 1. The molecule has 0 bridgehead atoms. The van der Waals surface area contributed by atoms with E-state index in [0.29, 0.717) is 22.0 Å². The standard InChI is InChI=1S/C24H23ClN2O2S/c1-16-3-5-17(6-4-16)15-27-11-12-30-23-10-7-18(13-21(23)27)24(28)26-20-14-19(25)8-9-22(20)29-2/h3-10,13-14H,11-12,15H2,1-2H3,(H,26,28). The number of rotatable bonds is 5. The molecule has 1 amide bonds. The molecule has 0 saturated heterocycles. The van der Waals surface area contributed by atoms with Gasteiger partial charge in [-0.2, -0.15) is 0 Å². The maximum absolute atomic E-state index is 12.9. The summed E-state index contributed by atoms with van der Waals surface area (Å²) in [4.78, 5) is 16.5. The molecule has 3 aromatic carbocycles. The Bertz CT molecular complexity index is 1070. The van der Waals surface area contributed by atoms with Crippen LogP contribution in [0.2, 0.25) is 5.02 Å². The van der Waals surface area contributed by atoms with Crippen molar-refractivity contribution in [3.8, 4) is 5.75 Å². The van der Waals surface area contributed by atoms with Crippen LogP contribution in [0.25, 0.3) is 0 Å². The van der Waals surface area contributed by atoms with Crippen LogP contribution in [0.3, 0.4) is 0 Å². The van der Waals surface area contributed by atoms with Gasteiger partial charge in [-0.15, -0.1) is 11.8 Å². The van der Waals surface area contributed by atoms with Gasteiger partial charge in [0.1, 0.15) is 5.75 Å². The van der Waals surface area contributed by atoms with E-state index in [1.807, 2.05) is 30.0 Å². The first kappa shape index (κ1) is 20.6. The van der Waals surface area contributed by atoms with Crippen LogP contribution in [0.4, 0.5) is 11.4 Å². The van der Waals surface area contributed by atoms with Gasteiger partial charge in [-0.05, 0) is 48.9 Å². The lowest BCUT2D eigenvalue weighted by atomic mass is 10.1. The van der Waals surface area contributed by atoms with Crippen molar-refractivity contribution in [2.75, 3.05) is 29.6 Å². The Morgan fingerprint density at radius 2 is 1.93 bits per heavy atom. The van der Waals surface area contributed by atoms with Gasteiger partial charge in [0.05, 0.1) is 18.5 Å². The number of amides is 1. The minimum atomic E-state index is -0.191. The molecule has 6 heteroatoms. The molecule has 1 aliphatic rings. The van der Waals surface area contributed by atoms with Crippen LogP contribution in [0.1, 0.15) is 21.5 Å². The van der Waals surface area contributed by atoms with Gasteiger partial charge in [0, 0.05) is 34.3 Å². The average Bonchev–Trinajstić information content (AvgIpc) is 2.75. The van der Waals surface area contributed by atoms with E-state index in [1.54, 1.807) is 25.3 Å². The Morgan fingerprint density at radius 1 is 1.13 bits per heavy atom. The largest absolute Gasteiger partial charge is 0.495 e. The molecule has 1 aliphatic heterocycles. The van der Waals surface area contributed by atoms with Crippen LogP contribution >= 0.6 is 23.4 Å². The molecule has 1 heterocycles. The van der Waals surface area contributed by atoms with Crippen molar-refractivity contribution in [3.05, 3.63) is 82.4 Å². The van der Waals surface area contributed by atoms with E-state index in [0.717, 1.165) is 24.5 Å². The minimum Gasteiger partial charge on any atom is -0.495 e. The Morgan fingerprint density at radius 3 is 2.70 bits per heavy atom. The highest BCUT2D eigenvalue weighted by molar-refractivity contribution is 7.99. The zero-order valence-corrected chi connectivity index (χ0v) is 18.5. The molecule has 0 aliphatic carbocycles. The van der Waals surface area contributed by atoms with Crippen LogP contribution < -0.4 is 15.0 Å². The van der Waals surface area contributed by atoms with Gasteiger partial charge in [0.15, 0.2) is 0 Å². The fraction of sp³-hybridized carbons (Fsp3) is 0.208. The number of benzene rings is 3. The smallest absolute Gasteiger partial charge is 0.255 e. The molecular weight excluding hydrogens is 416 g/mol. The number of nitrogens with zero attached hydrogens (tertiary/aromatic N) is 1. The number of aryl methyl sites for hydroxylation is 1. The molecule has 154 valence electrons. The van der Waals surface area contributed by atoms with Gasteiger partial charge in [0.25, 0.3) is 5.91 Å². The number of nitrogens with one attached hydrogen (secondary N) is 1. The molecule has 1 N–H and O–H groups in total. The molecule has 0 unspecified atom stereocenters. The summed E-state index contributed by atoms with van der Waals surface area (Å²) < 4.78 is 5.33. The Hall–Kier alpha value is -2.63. The number of carbonyl (C=O) groups excluding carboxylic acids is 1. The van der Waals surface area contributed by atoms with Crippen LogP contribution in [0.5, 0.6) is 5.75 Å². The number of thioether (sulfide) groups is 1. The van der Waals surface area contributed by atoms with Crippen molar-refractivity contribution in [3.63, 3.8) is 0 Å². The molecular formula is C24H23ClN2O2S. The van der Waals surface area contributed by atoms with Gasteiger partial charge in [-0.1, -0.05) is 41.4 Å². The van der Waals surface area contributed by atoms with E-state index in [2.05, 4.69) is 41.4 Å². The number of carbonyl (C=O) groups is 1. The molecule has 0 fully saturated rings. The van der Waals surface area contributed by atoms with Gasteiger partial charge < -0.3 is 15.0 Å². The van der Waals surface area contributed by atoms with E-state index in [-0.39, 0.29) is 5.91 Å². The lowest BCUT2D eigenvalue weighted by Crippen LogP contribution is -2.29. The van der Waals surface area contributed by atoms with Crippen LogP contribution in [-0.2, 0) is 6.54 Å². The summed E-state index contributed by atoms with van der Waals surface area (Å²) >= 11 is 7.91. The predicted octanol–water partition coefficient (Wildman–Crippen LogP) is 6.02. The van der Waals surface area contributed by atoms with Crippen molar-refractivity contribution in [2.45, 2.75) is 18.4 Å². The lowest BCUT2D eigenvalue weighted by molar-refractivity contribution is 0.102. The molecule has 0 spiro atoms. The van der Waals surface area contributed by atoms with Gasteiger partial charge >= 0.3 is 0 Å². The van der Waals surface area contributed by atoms with Crippen LogP contribution in [0, 0.1) is 6.92 Å². The van der Waals surface area contributed by atoms with E-state index in [1.165, 1.54) is 16.0 Å². The zero-order chi connectivity index (χ0) is 21.1. The third kappa shape index (κ3) is 4.58. The summed E-state index contributed by atoms with van der Waals surface area (Å²) in [6.07, 6.45) is 0. The van der Waals surface area contributed by atoms with Crippen molar-refractivity contribution >= 4 is 40.6 Å². The van der Waals surface area contributed by atoms with Gasteiger partial charge in [0.2, 0.25) is 0 Å². The zero-order valence-electron chi connectivity index (χ0n) is 16.9. The Balaban J connectivity index is 1.58. The van der Waals surface area contributed by atoms with E-state index < -0.39 is 0 Å². The van der Waals surface area contributed by atoms with E-state index in [9.17, 15) is 4.79 Å². The highest BCUT2D eigenvalue weighted by Crippen LogP contribution is 2.36. The third-order valence-corrected chi connectivity index (χ3v) is 6.36. The molecule has 30 heavy (non-hydrogen) atoms. The maximum atomic E-state index is 12.9. The second kappa shape index (κ2) is 9.02. The number of hydrogen-bond donors (Lipinski definition) is 1. The normalized spacial score (nSPS) is 13.0. The molecule has 3 aromatic rings. The summed E-state index contributed by atoms with van der Waals surface area (Å²) in [6, 6.07) is 19.6. The van der Waals surface area contributed by atoms with Gasteiger partial charge in [-0.25, -0.2) is 0 Å². The van der Waals surface area contributed by atoms with Crippen molar-refractivity contribution in [1.82, 2.24) is 0 Å². The first-order valence-electron chi connectivity index (χ1n) is 9.76. The summed E-state index contributed by atoms with van der Waals surface area (Å²) in [5, 5.41) is 3.46. The molecule has 0 radical (unpaired) electrons. The Kier molecular flexibility index (Phi) is 6.21. The highest BCUT2D eigenvalue weighted by atomic mass is 35.5. The van der Waals surface area contributed by atoms with Gasteiger partial charge in [-0.3, -0.25) is 4.79 Å². The monoisotopic (exact) mass is 438 g/mol. The van der Waals surface area contributed by atoms with Crippen molar-refractivity contribution < 1.29 is 9.53 Å². The van der Waals surface area contributed by atoms with Crippen LogP contribution in [0.15, 0.2) is 65.6 Å². The fourth-order valence-electron chi connectivity index (χ4n) is 3.46. The van der Waals surface area contributed by atoms with E-state index in [4.69, 9.17) is 16.3 Å². The molecule has 0 atom stereocenters. The molecule has 0 aromatic heterocycles. The first-order chi connectivity index (χ1) is 14.5. The fourth-order valence-corrected chi connectivity index (χ4v) is 4.67. The number of ether oxygens (including phenoxy) is 1. The topological polar surface area (TPSA) is 41.6 Å².